The van der Waals surface area contributed by atoms with Crippen LogP contribution < -0.4 is 5.32 Å². The van der Waals surface area contributed by atoms with Gasteiger partial charge >= 0.3 is 6.09 Å². The van der Waals surface area contributed by atoms with E-state index < -0.39 is 11.7 Å². The summed E-state index contributed by atoms with van der Waals surface area (Å²) in [6.45, 7) is 5.86. The van der Waals surface area contributed by atoms with Crippen molar-refractivity contribution in [3.8, 4) is 11.8 Å². The van der Waals surface area contributed by atoms with Crippen molar-refractivity contribution in [3.05, 3.63) is 23.2 Å². The van der Waals surface area contributed by atoms with E-state index in [-0.39, 0.29) is 5.28 Å². The van der Waals surface area contributed by atoms with Crippen LogP contribution in [-0.2, 0) is 4.74 Å². The van der Waals surface area contributed by atoms with E-state index in [1.165, 1.54) is 0 Å². The van der Waals surface area contributed by atoms with Gasteiger partial charge in [-0.15, -0.1) is 0 Å². The van der Waals surface area contributed by atoms with Gasteiger partial charge in [0.25, 0.3) is 0 Å². The molecule has 1 heterocycles. The van der Waals surface area contributed by atoms with E-state index in [4.69, 9.17) is 16.3 Å². The fourth-order valence-corrected chi connectivity index (χ4v) is 1.18. The van der Waals surface area contributed by atoms with Crippen LogP contribution in [0.5, 0.6) is 0 Å². The Balaban J connectivity index is 2.28. The number of nitrogens with one attached hydrogen (secondary N) is 1. The summed E-state index contributed by atoms with van der Waals surface area (Å²) >= 11 is 5.55. The van der Waals surface area contributed by atoms with Crippen LogP contribution in [0, 0.1) is 11.8 Å². The van der Waals surface area contributed by atoms with Crippen molar-refractivity contribution in [2.75, 3.05) is 6.54 Å². The minimum Gasteiger partial charge on any atom is -0.444 e. The van der Waals surface area contributed by atoms with Crippen LogP contribution in [0.25, 0.3) is 0 Å². The van der Waals surface area contributed by atoms with Gasteiger partial charge in [-0.25, -0.2) is 14.8 Å². The number of halogens is 1. The van der Waals surface area contributed by atoms with Gasteiger partial charge in [-0.05, 0) is 32.4 Å². The summed E-state index contributed by atoms with van der Waals surface area (Å²) in [7, 11) is 0. The highest BCUT2D eigenvalue weighted by Crippen LogP contribution is 2.06. The summed E-state index contributed by atoms with van der Waals surface area (Å²) in [6.07, 6.45) is 3.17. The number of hydrogen-bond donors (Lipinski definition) is 1. The second-order valence-electron chi connectivity index (χ2n) is 4.72. The fourth-order valence-electron chi connectivity index (χ4n) is 1.08. The van der Waals surface area contributed by atoms with Crippen LogP contribution in [-0.4, -0.2) is 28.2 Å². The van der Waals surface area contributed by atoms with Crippen LogP contribution in [0.1, 0.15) is 32.8 Å². The zero-order valence-corrected chi connectivity index (χ0v) is 11.9. The predicted octanol–water partition coefficient (Wildman–Crippen LogP) is 2.40. The first-order valence-electron chi connectivity index (χ1n) is 5.80. The topological polar surface area (TPSA) is 64.1 Å². The van der Waals surface area contributed by atoms with Gasteiger partial charge in [-0.3, -0.25) is 0 Å². The van der Waals surface area contributed by atoms with Crippen molar-refractivity contribution in [2.24, 2.45) is 0 Å². The second kappa shape index (κ2) is 6.95. The van der Waals surface area contributed by atoms with E-state index >= 15 is 0 Å². The Morgan fingerprint density at radius 2 is 2.05 bits per heavy atom. The van der Waals surface area contributed by atoms with Crippen molar-refractivity contribution in [3.63, 3.8) is 0 Å². The summed E-state index contributed by atoms with van der Waals surface area (Å²) in [5, 5.41) is 2.81. The molecule has 0 atom stereocenters. The Bertz CT molecular complexity index is 483. The molecule has 102 valence electrons. The van der Waals surface area contributed by atoms with Crippen LogP contribution in [0.4, 0.5) is 4.79 Å². The van der Waals surface area contributed by atoms with E-state index in [0.29, 0.717) is 18.5 Å². The van der Waals surface area contributed by atoms with Crippen LogP contribution >= 0.6 is 11.6 Å². The van der Waals surface area contributed by atoms with E-state index in [1.54, 1.807) is 12.4 Å². The highest BCUT2D eigenvalue weighted by Gasteiger charge is 2.15. The first-order valence-corrected chi connectivity index (χ1v) is 6.18. The Morgan fingerprint density at radius 3 is 2.63 bits per heavy atom. The third kappa shape index (κ3) is 7.27. The minimum atomic E-state index is -0.490. The molecule has 0 saturated carbocycles. The largest absolute Gasteiger partial charge is 0.444 e. The Hall–Kier alpha value is -1.80. The number of aromatic nitrogens is 2. The van der Waals surface area contributed by atoms with Gasteiger partial charge in [0.1, 0.15) is 5.60 Å². The van der Waals surface area contributed by atoms with Gasteiger partial charge < -0.3 is 10.1 Å². The van der Waals surface area contributed by atoms with Gasteiger partial charge in [0.2, 0.25) is 5.28 Å². The molecule has 0 saturated heterocycles. The van der Waals surface area contributed by atoms with Crippen molar-refractivity contribution >= 4 is 17.7 Å². The number of nitrogens with zero attached hydrogens (tertiary/aromatic N) is 2. The Morgan fingerprint density at radius 1 is 1.42 bits per heavy atom. The predicted molar refractivity (Wildman–Crippen MR) is 72.8 cm³/mol. The van der Waals surface area contributed by atoms with Crippen molar-refractivity contribution in [2.45, 2.75) is 32.8 Å². The molecule has 0 unspecified atom stereocenters. The summed E-state index contributed by atoms with van der Waals surface area (Å²) in [5.41, 5.74) is 0.192. The fraction of sp³-hybridized carbons (Fsp3) is 0.462. The van der Waals surface area contributed by atoms with Crippen LogP contribution in [0.3, 0.4) is 0 Å². The Labute approximate surface area is 117 Å². The van der Waals surface area contributed by atoms with E-state index in [0.717, 1.165) is 0 Å². The summed E-state index contributed by atoms with van der Waals surface area (Å²) in [4.78, 5) is 18.9. The number of carbonyl (C=O) groups excluding carboxylic acids is 1. The molecular formula is C13H16ClN3O2. The van der Waals surface area contributed by atoms with Gasteiger partial charge in [-0.2, -0.15) is 0 Å². The maximum Gasteiger partial charge on any atom is 0.407 e. The lowest BCUT2D eigenvalue weighted by atomic mass is 10.2. The molecule has 1 amide bonds. The standard InChI is InChI=1S/C13H16ClN3O2/c1-13(2,3)19-12(18)15-7-5-4-6-10-8-16-11(14)17-9-10/h8-9H,5,7H2,1-3H3,(H,15,18). The SMILES string of the molecule is CC(C)(C)OC(=O)NCCC#Cc1cnc(Cl)nc1. The van der Waals surface area contributed by atoms with E-state index in [1.807, 2.05) is 20.8 Å². The highest BCUT2D eigenvalue weighted by molar-refractivity contribution is 6.28. The van der Waals surface area contributed by atoms with Crippen molar-refractivity contribution in [1.82, 2.24) is 15.3 Å². The highest BCUT2D eigenvalue weighted by atomic mass is 35.5. The molecule has 1 N–H and O–H groups in total. The van der Waals surface area contributed by atoms with Gasteiger partial charge in [0.05, 0.1) is 5.56 Å². The third-order valence-corrected chi connectivity index (χ3v) is 1.97. The van der Waals surface area contributed by atoms with Crippen molar-refractivity contribution < 1.29 is 9.53 Å². The van der Waals surface area contributed by atoms with Gasteiger partial charge in [0, 0.05) is 25.4 Å². The molecular weight excluding hydrogens is 266 g/mol. The minimum absolute atomic E-state index is 0.192. The lowest BCUT2D eigenvalue weighted by Crippen LogP contribution is -2.32. The van der Waals surface area contributed by atoms with Crippen LogP contribution in [0.2, 0.25) is 5.28 Å². The number of hydrogen-bond acceptors (Lipinski definition) is 4. The number of alkyl carbamates (subject to hydrolysis) is 1. The molecule has 0 aliphatic heterocycles. The molecule has 0 aliphatic rings. The lowest BCUT2D eigenvalue weighted by Gasteiger charge is -2.19. The van der Waals surface area contributed by atoms with E-state index in [9.17, 15) is 4.79 Å². The zero-order valence-electron chi connectivity index (χ0n) is 11.2. The molecule has 1 aromatic rings. The molecule has 6 heteroatoms. The average Bonchev–Trinajstić information content (AvgIpc) is 2.29. The molecule has 19 heavy (non-hydrogen) atoms. The number of rotatable bonds is 2. The first kappa shape index (κ1) is 15.3. The van der Waals surface area contributed by atoms with Crippen molar-refractivity contribution in [1.29, 1.82) is 0 Å². The molecule has 1 rings (SSSR count). The number of carbonyl (C=O) groups is 1. The average molecular weight is 282 g/mol. The number of amides is 1. The molecule has 0 fully saturated rings. The molecule has 0 bridgehead atoms. The molecule has 1 aromatic heterocycles. The summed E-state index contributed by atoms with van der Waals surface area (Å²) in [6, 6.07) is 0. The second-order valence-corrected chi connectivity index (χ2v) is 5.06. The lowest BCUT2D eigenvalue weighted by molar-refractivity contribution is 0.0529. The molecule has 5 nitrogen and oxygen atoms in total. The monoisotopic (exact) mass is 281 g/mol. The normalized spacial score (nSPS) is 10.3. The molecule has 0 aromatic carbocycles. The smallest absolute Gasteiger partial charge is 0.407 e. The maximum absolute atomic E-state index is 11.3. The third-order valence-electron chi connectivity index (χ3n) is 1.77. The first-order chi connectivity index (χ1) is 8.87. The van der Waals surface area contributed by atoms with Gasteiger partial charge in [0.15, 0.2) is 0 Å². The quantitative estimate of drug-likeness (QED) is 0.514. The molecule has 0 spiro atoms. The summed E-state index contributed by atoms with van der Waals surface area (Å²) < 4.78 is 5.08. The molecule has 0 radical (unpaired) electrons. The molecule has 0 aliphatic carbocycles. The number of ether oxygens (including phenoxy) is 1. The zero-order chi connectivity index (χ0) is 14.3. The van der Waals surface area contributed by atoms with Crippen LogP contribution in [0.15, 0.2) is 12.4 Å². The van der Waals surface area contributed by atoms with Gasteiger partial charge in [-0.1, -0.05) is 11.8 Å². The Kier molecular flexibility index (Phi) is 5.58. The maximum atomic E-state index is 11.3. The summed E-state index contributed by atoms with van der Waals surface area (Å²) in [5.74, 6) is 5.76. The van der Waals surface area contributed by atoms with E-state index in [2.05, 4.69) is 27.1 Å².